The third-order valence-electron chi connectivity index (χ3n) is 4.53. The number of alkyl halides is 3. The summed E-state index contributed by atoms with van der Waals surface area (Å²) in [6.45, 7) is -0.127. The molecule has 1 aromatic heterocycles. The quantitative estimate of drug-likeness (QED) is 0.338. The minimum atomic E-state index is -4.44. The molecule has 0 spiro atoms. The van der Waals surface area contributed by atoms with E-state index in [9.17, 15) is 18.0 Å². The highest BCUT2D eigenvalue weighted by Crippen LogP contribution is 2.35. The summed E-state index contributed by atoms with van der Waals surface area (Å²) in [5.74, 6) is 0.204. The largest absolute Gasteiger partial charge is 0.487 e. The summed E-state index contributed by atoms with van der Waals surface area (Å²) in [5, 5.41) is 0.873. The van der Waals surface area contributed by atoms with Gasteiger partial charge in [-0.1, -0.05) is 54.1 Å². The first-order valence-corrected chi connectivity index (χ1v) is 9.31. The van der Waals surface area contributed by atoms with Crippen molar-refractivity contribution in [3.05, 3.63) is 99.4 Å². The van der Waals surface area contributed by atoms with Crippen molar-refractivity contribution >= 4 is 22.6 Å². The van der Waals surface area contributed by atoms with Gasteiger partial charge in [-0.25, -0.2) is 4.79 Å². The van der Waals surface area contributed by atoms with E-state index >= 15 is 0 Å². The number of ether oxygens (including phenoxy) is 1. The second-order valence-corrected chi connectivity index (χ2v) is 7.02. The van der Waals surface area contributed by atoms with Crippen LogP contribution in [0.2, 0.25) is 5.02 Å². The van der Waals surface area contributed by atoms with Crippen molar-refractivity contribution in [2.45, 2.75) is 12.8 Å². The molecule has 1 heterocycles. The van der Waals surface area contributed by atoms with Gasteiger partial charge in [0.2, 0.25) is 0 Å². The second kappa shape index (κ2) is 7.88. The number of fused-ring (bicyclic) bond motifs is 1. The Bertz CT molecular complexity index is 1260. The molecule has 0 fully saturated rings. The van der Waals surface area contributed by atoms with Crippen LogP contribution in [0.25, 0.3) is 22.1 Å². The highest BCUT2D eigenvalue weighted by atomic mass is 35.5. The van der Waals surface area contributed by atoms with E-state index in [0.717, 1.165) is 17.7 Å². The minimum absolute atomic E-state index is 0.127. The molecule has 0 N–H and O–H groups in total. The van der Waals surface area contributed by atoms with E-state index in [2.05, 4.69) is 0 Å². The van der Waals surface area contributed by atoms with E-state index in [0.29, 0.717) is 16.5 Å². The Labute approximate surface area is 174 Å². The van der Waals surface area contributed by atoms with Crippen molar-refractivity contribution in [3.63, 3.8) is 0 Å². The van der Waals surface area contributed by atoms with Crippen LogP contribution in [0.5, 0.6) is 5.75 Å². The van der Waals surface area contributed by atoms with E-state index in [1.807, 2.05) is 30.3 Å². The Morgan fingerprint density at radius 3 is 2.43 bits per heavy atom. The third kappa shape index (κ3) is 4.19. The highest BCUT2D eigenvalue weighted by molar-refractivity contribution is 6.33. The van der Waals surface area contributed by atoms with Gasteiger partial charge < -0.3 is 9.15 Å². The van der Waals surface area contributed by atoms with E-state index in [-0.39, 0.29) is 23.0 Å². The first kappa shape index (κ1) is 20.0. The molecule has 0 aliphatic rings. The van der Waals surface area contributed by atoms with E-state index in [4.69, 9.17) is 20.8 Å². The zero-order valence-electron chi connectivity index (χ0n) is 15.4. The molecule has 4 rings (SSSR count). The summed E-state index contributed by atoms with van der Waals surface area (Å²) in [5.41, 5.74) is 0.793. The molecule has 0 aliphatic heterocycles. The predicted molar refractivity (Wildman–Crippen MR) is 109 cm³/mol. The lowest BCUT2D eigenvalue weighted by molar-refractivity contribution is -0.137. The van der Waals surface area contributed by atoms with Crippen molar-refractivity contribution in [1.29, 1.82) is 0 Å². The Morgan fingerprint density at radius 1 is 0.933 bits per heavy atom. The fraction of sp³-hybridized carbons (Fsp3) is 0.0870. The van der Waals surface area contributed by atoms with Crippen LogP contribution >= 0.6 is 11.6 Å². The van der Waals surface area contributed by atoms with Gasteiger partial charge in [0.1, 0.15) is 17.9 Å². The molecule has 30 heavy (non-hydrogen) atoms. The molecule has 0 atom stereocenters. The predicted octanol–water partition coefficient (Wildman–Crippen LogP) is 6.71. The fourth-order valence-corrected chi connectivity index (χ4v) is 3.35. The molecule has 0 saturated heterocycles. The molecular weight excluding hydrogens is 417 g/mol. The first-order chi connectivity index (χ1) is 14.3. The lowest BCUT2D eigenvalue weighted by atomic mass is 10.0. The zero-order chi connectivity index (χ0) is 21.3. The molecule has 3 nitrogen and oxygen atoms in total. The molecular formula is C23H14ClF3O3. The first-order valence-electron chi connectivity index (χ1n) is 8.93. The zero-order valence-corrected chi connectivity index (χ0v) is 16.1. The van der Waals surface area contributed by atoms with E-state index < -0.39 is 17.4 Å². The monoisotopic (exact) mass is 430 g/mol. The molecule has 0 radical (unpaired) electrons. The molecule has 0 aliphatic carbocycles. The molecule has 152 valence electrons. The van der Waals surface area contributed by atoms with Gasteiger partial charge in [0.25, 0.3) is 0 Å². The van der Waals surface area contributed by atoms with Gasteiger partial charge in [-0.2, -0.15) is 13.2 Å². The average molecular weight is 431 g/mol. The van der Waals surface area contributed by atoms with Crippen LogP contribution in [0.4, 0.5) is 13.2 Å². The van der Waals surface area contributed by atoms with Gasteiger partial charge in [0.15, 0.2) is 0 Å². The van der Waals surface area contributed by atoms with Crippen molar-refractivity contribution in [3.8, 4) is 16.9 Å². The van der Waals surface area contributed by atoms with Crippen LogP contribution < -0.4 is 10.4 Å². The summed E-state index contributed by atoms with van der Waals surface area (Å²) in [4.78, 5) is 12.0. The summed E-state index contributed by atoms with van der Waals surface area (Å²) in [7, 11) is 0. The Hall–Kier alpha value is -3.25. The van der Waals surface area contributed by atoms with E-state index in [1.165, 1.54) is 24.3 Å². The number of halogens is 4. The molecule has 0 saturated carbocycles. The molecule has 0 unspecified atom stereocenters. The Balaban J connectivity index is 1.68. The van der Waals surface area contributed by atoms with Crippen molar-refractivity contribution < 1.29 is 22.3 Å². The number of hydrogen-bond acceptors (Lipinski definition) is 3. The molecule has 7 heteroatoms. The smallest absolute Gasteiger partial charge is 0.416 e. The highest BCUT2D eigenvalue weighted by Gasteiger charge is 2.30. The van der Waals surface area contributed by atoms with Crippen molar-refractivity contribution in [2.24, 2.45) is 0 Å². The van der Waals surface area contributed by atoms with Gasteiger partial charge in [-0.15, -0.1) is 0 Å². The average Bonchev–Trinajstić information content (AvgIpc) is 2.72. The van der Waals surface area contributed by atoms with Crippen LogP contribution in [0.1, 0.15) is 11.1 Å². The van der Waals surface area contributed by atoms with Crippen LogP contribution in [-0.4, -0.2) is 0 Å². The SMILES string of the molecule is O=c1cc(-c2ccccc2)c2cc(Cl)c(OCc3cccc(C(F)(F)F)c3)cc2o1. The van der Waals surface area contributed by atoms with Gasteiger partial charge in [-0.3, -0.25) is 0 Å². The topological polar surface area (TPSA) is 39.4 Å². The Morgan fingerprint density at radius 2 is 1.70 bits per heavy atom. The van der Waals surface area contributed by atoms with Gasteiger partial charge in [0, 0.05) is 17.5 Å². The Kier molecular flexibility index (Phi) is 5.26. The van der Waals surface area contributed by atoms with Crippen molar-refractivity contribution in [2.75, 3.05) is 0 Å². The van der Waals surface area contributed by atoms with Crippen LogP contribution in [-0.2, 0) is 12.8 Å². The molecule has 4 aromatic rings. The van der Waals surface area contributed by atoms with Gasteiger partial charge in [0.05, 0.1) is 10.6 Å². The number of hydrogen-bond donors (Lipinski definition) is 0. The number of rotatable bonds is 4. The maximum absolute atomic E-state index is 12.9. The normalized spacial score (nSPS) is 11.6. The summed E-state index contributed by atoms with van der Waals surface area (Å²) >= 11 is 6.35. The lowest BCUT2D eigenvalue weighted by Gasteiger charge is -2.12. The molecule has 0 amide bonds. The summed E-state index contributed by atoms with van der Waals surface area (Å²) in [6, 6.07) is 18.6. The van der Waals surface area contributed by atoms with Crippen LogP contribution in [0, 0.1) is 0 Å². The van der Waals surface area contributed by atoms with Gasteiger partial charge >= 0.3 is 11.8 Å². The summed E-state index contributed by atoms with van der Waals surface area (Å²) < 4.78 is 49.6. The number of benzene rings is 3. The van der Waals surface area contributed by atoms with Crippen molar-refractivity contribution in [1.82, 2.24) is 0 Å². The van der Waals surface area contributed by atoms with Crippen LogP contribution in [0.3, 0.4) is 0 Å². The lowest BCUT2D eigenvalue weighted by Crippen LogP contribution is -2.06. The molecule has 0 bridgehead atoms. The maximum Gasteiger partial charge on any atom is 0.416 e. The van der Waals surface area contributed by atoms with Crippen LogP contribution in [0.15, 0.2) is 82.0 Å². The van der Waals surface area contributed by atoms with E-state index in [1.54, 1.807) is 6.07 Å². The maximum atomic E-state index is 12.9. The fourth-order valence-electron chi connectivity index (χ4n) is 3.13. The standard InChI is InChI=1S/C23H14ClF3O3/c24-19-10-18-17(15-6-2-1-3-7-15)11-22(28)30-20(18)12-21(19)29-13-14-5-4-8-16(9-14)23(25,26)27/h1-12H,13H2. The second-order valence-electron chi connectivity index (χ2n) is 6.61. The summed E-state index contributed by atoms with van der Waals surface area (Å²) in [6.07, 6.45) is -4.44. The molecule has 3 aromatic carbocycles. The minimum Gasteiger partial charge on any atom is -0.487 e. The van der Waals surface area contributed by atoms with Gasteiger partial charge in [-0.05, 0) is 34.9 Å². The third-order valence-corrected chi connectivity index (χ3v) is 4.83.